The van der Waals surface area contributed by atoms with Gasteiger partial charge in [-0.3, -0.25) is 9.59 Å². The maximum atomic E-state index is 12.4. The maximum Gasteiger partial charge on any atom is 0.329 e. The fraction of sp³-hybridized carbons (Fsp3) is 0.500. The molecule has 0 aliphatic rings. The van der Waals surface area contributed by atoms with Crippen LogP contribution < -0.4 is 10.6 Å². The summed E-state index contributed by atoms with van der Waals surface area (Å²) in [7, 11) is 0. The first-order valence-electron chi connectivity index (χ1n) is 8.32. The van der Waals surface area contributed by atoms with Gasteiger partial charge in [0.15, 0.2) is 6.61 Å². The summed E-state index contributed by atoms with van der Waals surface area (Å²) in [6, 6.07) is 3.52. The number of benzene rings is 1. The van der Waals surface area contributed by atoms with Gasteiger partial charge in [-0.25, -0.2) is 4.79 Å². The summed E-state index contributed by atoms with van der Waals surface area (Å²) in [5.74, 6) is -1.46. The van der Waals surface area contributed by atoms with Crippen molar-refractivity contribution in [3.05, 3.63) is 33.8 Å². The predicted octanol–water partition coefficient (Wildman–Crippen LogP) is 3.21. The lowest BCUT2D eigenvalue weighted by atomic mass is 10.0. The molecule has 0 bridgehead atoms. The average molecular weight is 403 g/mol. The Morgan fingerprint density at radius 2 is 1.73 bits per heavy atom. The van der Waals surface area contributed by atoms with Crippen molar-refractivity contribution in [2.24, 2.45) is 5.92 Å². The fourth-order valence-corrected chi connectivity index (χ4v) is 2.69. The van der Waals surface area contributed by atoms with Crippen LogP contribution in [0.2, 0.25) is 10.0 Å². The molecular weight excluding hydrogens is 379 g/mol. The summed E-state index contributed by atoms with van der Waals surface area (Å²) in [6.07, 6.45) is 0.363. The number of amides is 2. The van der Waals surface area contributed by atoms with Crippen molar-refractivity contribution in [2.45, 2.75) is 46.2 Å². The third-order valence-corrected chi connectivity index (χ3v) is 3.82. The second-order valence-corrected chi connectivity index (χ2v) is 7.45. The number of ether oxygens (including phenoxy) is 1. The van der Waals surface area contributed by atoms with Gasteiger partial charge in [-0.2, -0.15) is 0 Å². The Morgan fingerprint density at radius 3 is 2.27 bits per heavy atom. The Kier molecular flexibility index (Phi) is 8.88. The van der Waals surface area contributed by atoms with E-state index in [2.05, 4.69) is 10.6 Å². The normalized spacial score (nSPS) is 12.0. The van der Waals surface area contributed by atoms with Gasteiger partial charge in [0.25, 0.3) is 11.8 Å². The van der Waals surface area contributed by atoms with Crippen LogP contribution in [0.15, 0.2) is 18.2 Å². The highest BCUT2D eigenvalue weighted by Crippen LogP contribution is 2.21. The molecular formula is C18H24Cl2N2O4. The van der Waals surface area contributed by atoms with E-state index >= 15 is 0 Å². The summed E-state index contributed by atoms with van der Waals surface area (Å²) in [5, 5.41) is 5.83. The predicted molar refractivity (Wildman–Crippen MR) is 101 cm³/mol. The van der Waals surface area contributed by atoms with E-state index in [4.69, 9.17) is 27.9 Å². The molecule has 1 atom stereocenters. The molecule has 1 aromatic rings. The van der Waals surface area contributed by atoms with Crippen molar-refractivity contribution < 1.29 is 19.1 Å². The minimum atomic E-state index is -0.888. The summed E-state index contributed by atoms with van der Waals surface area (Å²) in [4.78, 5) is 36.4. The molecule has 26 heavy (non-hydrogen) atoms. The van der Waals surface area contributed by atoms with E-state index in [0.717, 1.165) is 0 Å². The number of rotatable bonds is 8. The van der Waals surface area contributed by atoms with Gasteiger partial charge < -0.3 is 15.4 Å². The Bertz CT molecular complexity index is 663. The van der Waals surface area contributed by atoms with E-state index in [0.29, 0.717) is 11.4 Å². The lowest BCUT2D eigenvalue weighted by Crippen LogP contribution is -2.44. The summed E-state index contributed by atoms with van der Waals surface area (Å²) < 4.78 is 5.03. The van der Waals surface area contributed by atoms with Crippen molar-refractivity contribution in [1.29, 1.82) is 0 Å². The van der Waals surface area contributed by atoms with Gasteiger partial charge in [-0.1, -0.05) is 37.0 Å². The molecule has 0 aliphatic carbocycles. The molecule has 8 heteroatoms. The molecule has 0 saturated carbocycles. The standard InChI is InChI=1S/C18H24Cl2N2O4/c1-10(2)7-15(18(25)26-9-16(23)21-11(3)4)22-17(24)13-6-5-12(19)8-14(13)20/h5-6,8,10-11,15H,7,9H2,1-4H3,(H,21,23)(H,22,24)/t15-/m0/s1. The fourth-order valence-electron chi connectivity index (χ4n) is 2.20. The van der Waals surface area contributed by atoms with E-state index < -0.39 is 30.4 Å². The first-order valence-corrected chi connectivity index (χ1v) is 9.07. The molecule has 0 spiro atoms. The molecule has 1 aromatic carbocycles. The Hall–Kier alpha value is -1.79. The van der Waals surface area contributed by atoms with Gasteiger partial charge in [0, 0.05) is 11.1 Å². The maximum absolute atomic E-state index is 12.4. The van der Waals surface area contributed by atoms with Gasteiger partial charge in [-0.15, -0.1) is 0 Å². The molecule has 0 fully saturated rings. The van der Waals surface area contributed by atoms with Crippen molar-refractivity contribution >= 4 is 41.0 Å². The van der Waals surface area contributed by atoms with Crippen LogP contribution >= 0.6 is 23.2 Å². The molecule has 6 nitrogen and oxygen atoms in total. The highest BCUT2D eigenvalue weighted by Gasteiger charge is 2.25. The van der Waals surface area contributed by atoms with Crippen LogP contribution in [0.1, 0.15) is 44.5 Å². The number of carbonyl (C=O) groups is 3. The Labute approximate surface area is 163 Å². The number of nitrogens with one attached hydrogen (secondary N) is 2. The van der Waals surface area contributed by atoms with E-state index in [-0.39, 0.29) is 22.5 Å². The molecule has 0 heterocycles. The molecule has 0 aliphatic heterocycles. The monoisotopic (exact) mass is 402 g/mol. The van der Waals surface area contributed by atoms with Gasteiger partial charge in [0.05, 0.1) is 10.6 Å². The minimum Gasteiger partial charge on any atom is -0.454 e. The smallest absolute Gasteiger partial charge is 0.329 e. The van der Waals surface area contributed by atoms with Crippen LogP contribution in [0.3, 0.4) is 0 Å². The van der Waals surface area contributed by atoms with E-state index in [1.165, 1.54) is 18.2 Å². The SMILES string of the molecule is CC(C)C[C@H](NC(=O)c1ccc(Cl)cc1Cl)C(=O)OCC(=O)NC(C)C. The number of carbonyl (C=O) groups excluding carboxylic acids is 3. The Morgan fingerprint density at radius 1 is 1.08 bits per heavy atom. The van der Waals surface area contributed by atoms with Crippen LogP contribution in [-0.2, 0) is 14.3 Å². The molecule has 144 valence electrons. The highest BCUT2D eigenvalue weighted by molar-refractivity contribution is 6.36. The van der Waals surface area contributed by atoms with Crippen LogP contribution in [0.4, 0.5) is 0 Å². The molecule has 1 rings (SSSR count). The highest BCUT2D eigenvalue weighted by atomic mass is 35.5. The van der Waals surface area contributed by atoms with E-state index in [1.807, 2.05) is 13.8 Å². The van der Waals surface area contributed by atoms with Crippen LogP contribution in [0.5, 0.6) is 0 Å². The first kappa shape index (κ1) is 22.3. The van der Waals surface area contributed by atoms with Gasteiger partial charge in [0.2, 0.25) is 0 Å². The van der Waals surface area contributed by atoms with Gasteiger partial charge >= 0.3 is 5.97 Å². The van der Waals surface area contributed by atoms with Crippen molar-refractivity contribution in [3.8, 4) is 0 Å². The molecule has 0 aromatic heterocycles. The third-order valence-electron chi connectivity index (χ3n) is 3.27. The molecule has 2 amide bonds. The third kappa shape index (κ3) is 7.62. The van der Waals surface area contributed by atoms with Crippen LogP contribution in [0.25, 0.3) is 0 Å². The summed E-state index contributed by atoms with van der Waals surface area (Å²) in [6.45, 7) is 7.03. The second-order valence-electron chi connectivity index (χ2n) is 6.61. The lowest BCUT2D eigenvalue weighted by Gasteiger charge is -2.20. The van der Waals surface area contributed by atoms with Gasteiger partial charge in [-0.05, 0) is 44.4 Å². The van der Waals surface area contributed by atoms with E-state index in [9.17, 15) is 14.4 Å². The molecule has 0 radical (unpaired) electrons. The largest absolute Gasteiger partial charge is 0.454 e. The van der Waals surface area contributed by atoms with Crippen molar-refractivity contribution in [2.75, 3.05) is 6.61 Å². The zero-order valence-corrected chi connectivity index (χ0v) is 16.8. The number of hydrogen-bond donors (Lipinski definition) is 2. The quantitative estimate of drug-likeness (QED) is 0.653. The molecule has 0 saturated heterocycles. The van der Waals surface area contributed by atoms with E-state index in [1.54, 1.807) is 13.8 Å². The molecule has 0 unspecified atom stereocenters. The van der Waals surface area contributed by atoms with Crippen molar-refractivity contribution in [1.82, 2.24) is 10.6 Å². The zero-order valence-electron chi connectivity index (χ0n) is 15.3. The first-order chi connectivity index (χ1) is 12.1. The topological polar surface area (TPSA) is 84.5 Å². The van der Waals surface area contributed by atoms with Crippen molar-refractivity contribution in [3.63, 3.8) is 0 Å². The molecule has 2 N–H and O–H groups in total. The summed E-state index contributed by atoms with van der Waals surface area (Å²) >= 11 is 11.9. The Balaban J connectivity index is 2.77. The van der Waals surface area contributed by atoms with Crippen LogP contribution in [0, 0.1) is 5.92 Å². The number of halogens is 2. The minimum absolute atomic E-state index is 0.0561. The zero-order chi connectivity index (χ0) is 19.9. The van der Waals surface area contributed by atoms with Gasteiger partial charge in [0.1, 0.15) is 6.04 Å². The number of hydrogen-bond acceptors (Lipinski definition) is 4. The lowest BCUT2D eigenvalue weighted by molar-refractivity contribution is -0.150. The second kappa shape index (κ2) is 10.4. The van der Waals surface area contributed by atoms with Crippen LogP contribution in [-0.4, -0.2) is 36.5 Å². The average Bonchev–Trinajstić information content (AvgIpc) is 2.50. The summed E-state index contributed by atoms with van der Waals surface area (Å²) in [5.41, 5.74) is 0.204. The number of esters is 1.